The number of aryl methyl sites for hydroxylation is 2. The summed E-state index contributed by atoms with van der Waals surface area (Å²) in [7, 11) is 0. The van der Waals surface area contributed by atoms with Crippen LogP contribution in [0, 0.1) is 0 Å². The normalized spacial score (nSPS) is 15.6. The molecule has 0 radical (unpaired) electrons. The first-order chi connectivity index (χ1) is 6.81. The van der Waals surface area contributed by atoms with Gasteiger partial charge in [0, 0.05) is 12.1 Å². The van der Waals surface area contributed by atoms with E-state index in [2.05, 4.69) is 24.4 Å². The predicted octanol–water partition coefficient (Wildman–Crippen LogP) is 1.93. The van der Waals surface area contributed by atoms with Crippen LogP contribution in [0.2, 0.25) is 0 Å². The zero-order chi connectivity index (χ0) is 9.97. The summed E-state index contributed by atoms with van der Waals surface area (Å²) in [5.41, 5.74) is 3.31. The van der Waals surface area contributed by atoms with Crippen molar-refractivity contribution in [3.8, 4) is 0 Å². The van der Waals surface area contributed by atoms with E-state index < -0.39 is 0 Å². The third kappa shape index (κ3) is 1.65. The zero-order valence-corrected chi connectivity index (χ0v) is 8.47. The van der Waals surface area contributed by atoms with Gasteiger partial charge in [-0.2, -0.15) is 0 Å². The molecule has 0 saturated carbocycles. The summed E-state index contributed by atoms with van der Waals surface area (Å²) in [6.07, 6.45) is 3.04. The van der Waals surface area contributed by atoms with Crippen molar-refractivity contribution in [2.75, 3.05) is 6.54 Å². The fraction of sp³-hybridized carbons (Fsp3) is 0.417. The van der Waals surface area contributed by atoms with Gasteiger partial charge in [0.05, 0.1) is 0 Å². The third-order valence-electron chi connectivity index (χ3n) is 2.74. The summed E-state index contributed by atoms with van der Waals surface area (Å²) in [5, 5.41) is 2.91. The van der Waals surface area contributed by atoms with Crippen molar-refractivity contribution < 1.29 is 4.79 Å². The van der Waals surface area contributed by atoms with E-state index in [0.29, 0.717) is 0 Å². The lowest BCUT2D eigenvalue weighted by Gasteiger charge is -2.06. The molecule has 1 heterocycles. The fourth-order valence-corrected chi connectivity index (χ4v) is 1.85. The molecule has 2 rings (SSSR count). The van der Waals surface area contributed by atoms with Gasteiger partial charge in [0.2, 0.25) is 0 Å². The van der Waals surface area contributed by atoms with E-state index in [0.717, 1.165) is 31.4 Å². The third-order valence-corrected chi connectivity index (χ3v) is 2.74. The lowest BCUT2D eigenvalue weighted by atomic mass is 10.00. The Balaban J connectivity index is 2.44. The monoisotopic (exact) mass is 189 g/mol. The fourth-order valence-electron chi connectivity index (χ4n) is 1.85. The summed E-state index contributed by atoms with van der Waals surface area (Å²) in [5.74, 6) is 0.0906. The minimum Gasteiger partial charge on any atom is -0.352 e. The molecule has 1 N–H and O–H groups in total. The number of carbonyl (C=O) groups excluding carboxylic acids is 1. The molecule has 0 saturated heterocycles. The number of hydrogen-bond acceptors (Lipinski definition) is 1. The number of nitrogens with one attached hydrogen (secondary N) is 1. The van der Waals surface area contributed by atoms with Crippen molar-refractivity contribution in [2.45, 2.75) is 26.2 Å². The van der Waals surface area contributed by atoms with E-state index >= 15 is 0 Å². The van der Waals surface area contributed by atoms with Crippen LogP contribution in [-0.4, -0.2) is 12.5 Å². The molecule has 2 nitrogen and oxygen atoms in total. The smallest absolute Gasteiger partial charge is 0.251 e. The first kappa shape index (κ1) is 9.25. The Morgan fingerprint density at radius 1 is 1.43 bits per heavy atom. The van der Waals surface area contributed by atoms with Crippen molar-refractivity contribution in [3.63, 3.8) is 0 Å². The van der Waals surface area contributed by atoms with Gasteiger partial charge in [-0.15, -0.1) is 0 Å². The Labute approximate surface area is 84.3 Å². The molecule has 14 heavy (non-hydrogen) atoms. The SMILES string of the molecule is CCc1ccc2c(c1)C(=O)NCCC2. The molecule has 1 aliphatic heterocycles. The molecule has 0 unspecified atom stereocenters. The summed E-state index contributed by atoms with van der Waals surface area (Å²) in [6.45, 7) is 2.91. The lowest BCUT2D eigenvalue weighted by Crippen LogP contribution is -2.22. The van der Waals surface area contributed by atoms with Gasteiger partial charge >= 0.3 is 0 Å². The molecule has 0 atom stereocenters. The molecule has 1 aromatic carbocycles. The van der Waals surface area contributed by atoms with Gasteiger partial charge in [0.25, 0.3) is 5.91 Å². The minimum atomic E-state index is 0.0906. The van der Waals surface area contributed by atoms with E-state index in [4.69, 9.17) is 0 Å². The van der Waals surface area contributed by atoms with Crippen LogP contribution < -0.4 is 5.32 Å². The molecule has 0 fully saturated rings. The molecular weight excluding hydrogens is 174 g/mol. The molecule has 74 valence electrons. The second kappa shape index (κ2) is 3.82. The van der Waals surface area contributed by atoms with Gasteiger partial charge in [0.1, 0.15) is 0 Å². The highest BCUT2D eigenvalue weighted by Gasteiger charge is 2.14. The van der Waals surface area contributed by atoms with Crippen molar-refractivity contribution in [1.82, 2.24) is 5.32 Å². The number of amides is 1. The van der Waals surface area contributed by atoms with Gasteiger partial charge < -0.3 is 5.32 Å². The number of hydrogen-bond donors (Lipinski definition) is 1. The number of rotatable bonds is 1. The summed E-state index contributed by atoms with van der Waals surface area (Å²) in [4.78, 5) is 11.7. The molecule has 0 aliphatic carbocycles. The van der Waals surface area contributed by atoms with Crippen LogP contribution in [0.15, 0.2) is 18.2 Å². The minimum absolute atomic E-state index is 0.0906. The highest BCUT2D eigenvalue weighted by molar-refractivity contribution is 5.96. The summed E-state index contributed by atoms with van der Waals surface area (Å²) >= 11 is 0. The number of carbonyl (C=O) groups is 1. The Hall–Kier alpha value is -1.31. The lowest BCUT2D eigenvalue weighted by molar-refractivity contribution is 0.0956. The molecule has 1 aromatic rings. The first-order valence-corrected chi connectivity index (χ1v) is 5.21. The standard InChI is InChI=1S/C12H15NO/c1-2-9-5-6-10-4-3-7-13-12(14)11(10)8-9/h5-6,8H,2-4,7H2,1H3,(H,13,14). The van der Waals surface area contributed by atoms with Gasteiger partial charge in [-0.05, 0) is 36.5 Å². The van der Waals surface area contributed by atoms with Crippen molar-refractivity contribution in [3.05, 3.63) is 34.9 Å². The Morgan fingerprint density at radius 3 is 3.07 bits per heavy atom. The van der Waals surface area contributed by atoms with Crippen LogP contribution in [0.4, 0.5) is 0 Å². The maximum absolute atomic E-state index is 11.7. The van der Waals surface area contributed by atoms with Crippen LogP contribution in [0.1, 0.15) is 34.8 Å². The average Bonchev–Trinajstić information content (AvgIpc) is 2.40. The summed E-state index contributed by atoms with van der Waals surface area (Å²) in [6, 6.07) is 6.24. The molecule has 1 amide bonds. The van der Waals surface area contributed by atoms with Crippen LogP contribution in [0.3, 0.4) is 0 Å². The molecule has 0 aromatic heterocycles. The Morgan fingerprint density at radius 2 is 2.29 bits per heavy atom. The van der Waals surface area contributed by atoms with E-state index in [1.807, 2.05) is 6.07 Å². The van der Waals surface area contributed by atoms with Crippen molar-refractivity contribution in [2.24, 2.45) is 0 Å². The molecule has 0 bridgehead atoms. The zero-order valence-electron chi connectivity index (χ0n) is 8.47. The van der Waals surface area contributed by atoms with E-state index in [-0.39, 0.29) is 5.91 Å². The second-order valence-corrected chi connectivity index (χ2v) is 3.70. The first-order valence-electron chi connectivity index (χ1n) is 5.21. The molecular formula is C12H15NO. The largest absolute Gasteiger partial charge is 0.352 e. The highest BCUT2D eigenvalue weighted by Crippen LogP contribution is 2.16. The molecule has 1 aliphatic rings. The number of benzene rings is 1. The second-order valence-electron chi connectivity index (χ2n) is 3.70. The Kier molecular flexibility index (Phi) is 2.53. The van der Waals surface area contributed by atoms with Gasteiger partial charge in [-0.25, -0.2) is 0 Å². The van der Waals surface area contributed by atoms with Crippen LogP contribution in [-0.2, 0) is 12.8 Å². The van der Waals surface area contributed by atoms with Gasteiger partial charge in [0.15, 0.2) is 0 Å². The average molecular weight is 189 g/mol. The van der Waals surface area contributed by atoms with Crippen LogP contribution in [0.5, 0.6) is 0 Å². The van der Waals surface area contributed by atoms with Gasteiger partial charge in [-0.3, -0.25) is 4.79 Å². The van der Waals surface area contributed by atoms with E-state index in [9.17, 15) is 4.79 Å². The summed E-state index contributed by atoms with van der Waals surface area (Å²) < 4.78 is 0. The van der Waals surface area contributed by atoms with Gasteiger partial charge in [-0.1, -0.05) is 19.1 Å². The molecule has 0 spiro atoms. The maximum Gasteiger partial charge on any atom is 0.251 e. The quantitative estimate of drug-likeness (QED) is 0.718. The topological polar surface area (TPSA) is 29.1 Å². The van der Waals surface area contributed by atoms with Crippen LogP contribution in [0.25, 0.3) is 0 Å². The maximum atomic E-state index is 11.7. The highest BCUT2D eigenvalue weighted by atomic mass is 16.1. The predicted molar refractivity (Wildman–Crippen MR) is 56.5 cm³/mol. The van der Waals surface area contributed by atoms with E-state index in [1.54, 1.807) is 0 Å². The van der Waals surface area contributed by atoms with Crippen LogP contribution >= 0.6 is 0 Å². The Bertz CT molecular complexity index is 357. The molecule has 2 heteroatoms. The van der Waals surface area contributed by atoms with E-state index in [1.165, 1.54) is 11.1 Å². The number of fused-ring (bicyclic) bond motifs is 1. The van der Waals surface area contributed by atoms with Crippen molar-refractivity contribution >= 4 is 5.91 Å². The van der Waals surface area contributed by atoms with Crippen molar-refractivity contribution in [1.29, 1.82) is 0 Å².